The van der Waals surface area contributed by atoms with Crippen molar-refractivity contribution in [3.63, 3.8) is 0 Å². The molecule has 0 saturated heterocycles. The van der Waals surface area contributed by atoms with Crippen LogP contribution in [0.2, 0.25) is 0 Å². The molecule has 0 bridgehead atoms. The van der Waals surface area contributed by atoms with E-state index in [1.54, 1.807) is 6.07 Å². The number of carbonyl (C=O) groups is 1. The zero-order chi connectivity index (χ0) is 18.5. The number of amides is 1. The van der Waals surface area contributed by atoms with E-state index in [2.05, 4.69) is 26.5 Å². The van der Waals surface area contributed by atoms with Crippen molar-refractivity contribution in [3.05, 3.63) is 64.6 Å². The first-order valence-corrected chi connectivity index (χ1v) is 8.46. The molecule has 0 aliphatic carbocycles. The predicted molar refractivity (Wildman–Crippen MR) is 103 cm³/mol. The van der Waals surface area contributed by atoms with Crippen molar-refractivity contribution in [3.8, 4) is 17.2 Å². The van der Waals surface area contributed by atoms with Crippen LogP contribution in [0.25, 0.3) is 10.8 Å². The Kier molecular flexibility index (Phi) is 5.38. The number of phenols is 2. The highest BCUT2D eigenvalue weighted by Crippen LogP contribution is 2.24. The smallest absolute Gasteiger partial charge is 0.277 e. The fraction of sp³-hybridized carbons (Fsp3) is 0.0526. The van der Waals surface area contributed by atoms with Crippen LogP contribution in [0.3, 0.4) is 0 Å². The zero-order valence-corrected chi connectivity index (χ0v) is 15.1. The first kappa shape index (κ1) is 17.8. The normalized spacial score (nSPS) is 11.0. The molecular formula is C19H15BrN2O4. The number of carbonyl (C=O) groups excluding carboxylic acids is 1. The van der Waals surface area contributed by atoms with E-state index in [9.17, 15) is 15.0 Å². The Morgan fingerprint density at radius 2 is 1.85 bits per heavy atom. The first-order valence-electron chi connectivity index (χ1n) is 7.67. The number of rotatable bonds is 5. The average Bonchev–Trinajstić information content (AvgIpc) is 2.61. The summed E-state index contributed by atoms with van der Waals surface area (Å²) in [5, 5.41) is 24.7. The number of benzene rings is 3. The second kappa shape index (κ2) is 7.88. The second-order valence-electron chi connectivity index (χ2n) is 5.48. The topological polar surface area (TPSA) is 91.2 Å². The molecule has 0 fully saturated rings. The quantitative estimate of drug-likeness (QED) is 0.439. The lowest BCUT2D eigenvalue weighted by atomic mass is 10.1. The van der Waals surface area contributed by atoms with Crippen molar-refractivity contribution in [2.45, 2.75) is 0 Å². The molecule has 3 aromatic carbocycles. The minimum Gasteiger partial charge on any atom is -0.508 e. The van der Waals surface area contributed by atoms with Crippen LogP contribution < -0.4 is 10.2 Å². The zero-order valence-electron chi connectivity index (χ0n) is 13.5. The summed E-state index contributed by atoms with van der Waals surface area (Å²) in [5.74, 6) is -0.0487. The van der Waals surface area contributed by atoms with Crippen molar-refractivity contribution >= 4 is 38.8 Å². The average molecular weight is 415 g/mol. The molecule has 3 rings (SSSR count). The monoisotopic (exact) mass is 414 g/mol. The number of fused-ring (bicyclic) bond motifs is 1. The highest BCUT2D eigenvalue weighted by Gasteiger charge is 2.04. The van der Waals surface area contributed by atoms with Crippen molar-refractivity contribution in [2.24, 2.45) is 5.10 Å². The van der Waals surface area contributed by atoms with Gasteiger partial charge in [0.15, 0.2) is 6.61 Å². The summed E-state index contributed by atoms with van der Waals surface area (Å²) in [5.41, 5.74) is 2.68. The highest BCUT2D eigenvalue weighted by atomic mass is 79.9. The third kappa shape index (κ3) is 4.52. The van der Waals surface area contributed by atoms with Crippen LogP contribution in [-0.4, -0.2) is 28.9 Å². The van der Waals surface area contributed by atoms with Gasteiger partial charge in [0.25, 0.3) is 5.91 Å². The van der Waals surface area contributed by atoms with Crippen molar-refractivity contribution < 1.29 is 19.7 Å². The maximum Gasteiger partial charge on any atom is 0.277 e. The van der Waals surface area contributed by atoms with E-state index in [4.69, 9.17) is 4.74 Å². The molecule has 1 amide bonds. The molecule has 0 aliphatic rings. The SMILES string of the molecule is O=C(COc1ccc2cc(Br)ccc2c1)NN=Cc1ccc(O)cc1O. The molecule has 26 heavy (non-hydrogen) atoms. The maximum absolute atomic E-state index is 11.8. The summed E-state index contributed by atoms with van der Waals surface area (Å²) >= 11 is 3.42. The molecule has 0 unspecified atom stereocenters. The van der Waals surface area contributed by atoms with Crippen LogP contribution in [0.15, 0.2) is 64.2 Å². The molecular weight excluding hydrogens is 400 g/mol. The fourth-order valence-corrected chi connectivity index (χ4v) is 2.66. The van der Waals surface area contributed by atoms with Gasteiger partial charge in [0.05, 0.1) is 6.21 Å². The largest absolute Gasteiger partial charge is 0.508 e. The third-order valence-corrected chi connectivity index (χ3v) is 4.04. The molecule has 7 heteroatoms. The van der Waals surface area contributed by atoms with E-state index in [-0.39, 0.29) is 18.1 Å². The van der Waals surface area contributed by atoms with Crippen LogP contribution in [-0.2, 0) is 4.79 Å². The van der Waals surface area contributed by atoms with Crippen LogP contribution in [0, 0.1) is 0 Å². The molecule has 0 aliphatic heterocycles. The summed E-state index contributed by atoms with van der Waals surface area (Å²) in [6, 6.07) is 15.5. The summed E-state index contributed by atoms with van der Waals surface area (Å²) in [6.07, 6.45) is 1.28. The number of phenolic OH excluding ortho intramolecular Hbond substituents is 2. The van der Waals surface area contributed by atoms with Crippen molar-refractivity contribution in [1.82, 2.24) is 5.43 Å². The first-order chi connectivity index (χ1) is 12.5. The lowest BCUT2D eigenvalue weighted by molar-refractivity contribution is -0.123. The number of hydrogen-bond acceptors (Lipinski definition) is 5. The fourth-order valence-electron chi connectivity index (χ4n) is 2.28. The number of nitrogens with one attached hydrogen (secondary N) is 1. The number of nitrogens with zero attached hydrogens (tertiary/aromatic N) is 1. The van der Waals surface area contributed by atoms with Gasteiger partial charge in [-0.3, -0.25) is 4.79 Å². The Bertz CT molecular complexity index is 988. The molecule has 0 heterocycles. The Morgan fingerprint density at radius 1 is 1.08 bits per heavy atom. The number of halogens is 1. The highest BCUT2D eigenvalue weighted by molar-refractivity contribution is 9.10. The van der Waals surface area contributed by atoms with Crippen LogP contribution >= 0.6 is 15.9 Å². The second-order valence-corrected chi connectivity index (χ2v) is 6.39. The number of hydrogen-bond donors (Lipinski definition) is 3. The van der Waals surface area contributed by atoms with Crippen LogP contribution in [0.4, 0.5) is 0 Å². The van der Waals surface area contributed by atoms with Gasteiger partial charge in [0.2, 0.25) is 0 Å². The van der Waals surface area contributed by atoms with Crippen molar-refractivity contribution in [2.75, 3.05) is 6.61 Å². The van der Waals surface area contributed by atoms with Crippen LogP contribution in [0.5, 0.6) is 17.2 Å². The van der Waals surface area contributed by atoms with Gasteiger partial charge in [-0.05, 0) is 47.2 Å². The summed E-state index contributed by atoms with van der Waals surface area (Å²) < 4.78 is 6.46. The lowest BCUT2D eigenvalue weighted by Gasteiger charge is -2.07. The van der Waals surface area contributed by atoms with Gasteiger partial charge < -0.3 is 14.9 Å². The molecule has 0 spiro atoms. The molecule has 3 N–H and O–H groups in total. The molecule has 0 aromatic heterocycles. The molecule has 132 valence electrons. The molecule has 6 nitrogen and oxygen atoms in total. The van der Waals surface area contributed by atoms with Crippen molar-refractivity contribution in [1.29, 1.82) is 0 Å². The van der Waals surface area contributed by atoms with E-state index in [1.165, 1.54) is 24.4 Å². The Balaban J connectivity index is 1.55. The van der Waals surface area contributed by atoms with Gasteiger partial charge in [-0.1, -0.05) is 28.1 Å². The number of ether oxygens (including phenoxy) is 1. The summed E-state index contributed by atoms with van der Waals surface area (Å²) in [4.78, 5) is 11.8. The number of aromatic hydroxyl groups is 2. The molecule has 3 aromatic rings. The molecule has 0 radical (unpaired) electrons. The van der Waals surface area contributed by atoms with Gasteiger partial charge in [0, 0.05) is 16.1 Å². The third-order valence-electron chi connectivity index (χ3n) is 3.55. The van der Waals surface area contributed by atoms with E-state index < -0.39 is 5.91 Å². The Morgan fingerprint density at radius 3 is 2.65 bits per heavy atom. The van der Waals surface area contributed by atoms with E-state index >= 15 is 0 Å². The summed E-state index contributed by atoms with van der Waals surface area (Å²) in [7, 11) is 0. The predicted octanol–water partition coefficient (Wildman–Crippen LogP) is 3.54. The van der Waals surface area contributed by atoms with E-state index in [1.807, 2.05) is 30.3 Å². The van der Waals surface area contributed by atoms with E-state index in [0.717, 1.165) is 15.2 Å². The van der Waals surface area contributed by atoms with Gasteiger partial charge in [-0.15, -0.1) is 0 Å². The Hall–Kier alpha value is -3.06. The molecule has 0 atom stereocenters. The van der Waals surface area contributed by atoms with E-state index in [0.29, 0.717) is 11.3 Å². The number of hydrazone groups is 1. The van der Waals surface area contributed by atoms with Gasteiger partial charge >= 0.3 is 0 Å². The minimum atomic E-state index is -0.435. The van der Waals surface area contributed by atoms with Crippen LogP contribution in [0.1, 0.15) is 5.56 Å². The standard InChI is InChI=1S/C19H15BrN2O4/c20-15-4-1-13-8-17(6-3-12(13)7-15)26-11-19(25)22-21-10-14-2-5-16(23)9-18(14)24/h1-10,23-24H,11H2,(H,22,25). The maximum atomic E-state index is 11.8. The van der Waals surface area contributed by atoms with Gasteiger partial charge in [-0.25, -0.2) is 5.43 Å². The van der Waals surface area contributed by atoms with Gasteiger partial charge in [-0.2, -0.15) is 5.10 Å². The molecule has 0 saturated carbocycles. The lowest BCUT2D eigenvalue weighted by Crippen LogP contribution is -2.24. The van der Waals surface area contributed by atoms with Gasteiger partial charge in [0.1, 0.15) is 17.2 Å². The summed E-state index contributed by atoms with van der Waals surface area (Å²) in [6.45, 7) is -0.194. The Labute approximate surface area is 157 Å². The minimum absolute atomic E-state index is 0.0557.